The molecule has 7 heteroatoms. The maximum Gasteiger partial charge on any atom is 0.242 e. The number of benzene rings is 2. The molecule has 2 amide bonds. The van der Waals surface area contributed by atoms with Crippen molar-refractivity contribution < 1.29 is 9.59 Å². The Kier molecular flexibility index (Phi) is 10.7. The maximum atomic E-state index is 13.1. The Hall–Kier alpha value is -1.69. The van der Waals surface area contributed by atoms with Gasteiger partial charge in [0.15, 0.2) is 0 Å². The molecule has 2 aromatic rings. The lowest BCUT2D eigenvalue weighted by Gasteiger charge is -2.30. The van der Waals surface area contributed by atoms with Crippen LogP contribution in [0.1, 0.15) is 45.6 Å². The van der Waals surface area contributed by atoms with E-state index < -0.39 is 6.04 Å². The van der Waals surface area contributed by atoms with Crippen molar-refractivity contribution in [2.75, 3.05) is 5.75 Å². The van der Waals surface area contributed by atoms with Gasteiger partial charge in [-0.1, -0.05) is 48.3 Å². The Morgan fingerprint density at radius 1 is 1.06 bits per heavy atom. The molecular weight excluding hydrogens is 451 g/mol. The molecule has 0 radical (unpaired) electrons. The molecule has 0 bridgehead atoms. The molecule has 2 rings (SSSR count). The van der Waals surface area contributed by atoms with Crippen molar-refractivity contribution >= 4 is 46.8 Å². The molecule has 0 heterocycles. The van der Waals surface area contributed by atoms with Crippen LogP contribution < -0.4 is 5.32 Å². The minimum absolute atomic E-state index is 0.0524. The quantitative estimate of drug-likeness (QED) is 0.307. The Morgan fingerprint density at radius 2 is 1.74 bits per heavy atom. The fraction of sp³-hybridized carbons (Fsp3) is 0.417. The van der Waals surface area contributed by atoms with E-state index >= 15 is 0 Å². The number of nitrogens with one attached hydrogen (secondary N) is 1. The highest BCUT2D eigenvalue weighted by Gasteiger charge is 2.26. The molecule has 0 aliphatic heterocycles. The molecule has 0 aromatic heterocycles. The number of carbonyl (C=O) groups excluding carboxylic acids is 2. The van der Waals surface area contributed by atoms with Crippen molar-refractivity contribution in [2.45, 2.75) is 63.6 Å². The van der Waals surface area contributed by atoms with Crippen molar-refractivity contribution in [1.29, 1.82) is 0 Å². The molecule has 0 aliphatic rings. The number of nitrogens with zero attached hydrogens (tertiary/aromatic N) is 1. The van der Waals surface area contributed by atoms with Gasteiger partial charge in [0, 0.05) is 33.9 Å². The second kappa shape index (κ2) is 13.0. The van der Waals surface area contributed by atoms with E-state index in [1.165, 1.54) is 0 Å². The molecule has 4 nitrogen and oxygen atoms in total. The number of thioether (sulfide) groups is 1. The molecule has 31 heavy (non-hydrogen) atoms. The lowest BCUT2D eigenvalue weighted by molar-refractivity contribution is -0.140. The van der Waals surface area contributed by atoms with Gasteiger partial charge in [0.1, 0.15) is 6.04 Å². The molecule has 2 atom stereocenters. The topological polar surface area (TPSA) is 49.4 Å². The smallest absolute Gasteiger partial charge is 0.242 e. The Labute approximate surface area is 199 Å². The minimum atomic E-state index is -0.582. The van der Waals surface area contributed by atoms with Gasteiger partial charge in [-0.2, -0.15) is 0 Å². The summed E-state index contributed by atoms with van der Waals surface area (Å²) < 4.78 is 0. The van der Waals surface area contributed by atoms with Gasteiger partial charge >= 0.3 is 0 Å². The SMILES string of the molecule is CC[C@@H](C)NC(=O)[C@@H](C)N(Cc1ccccc1Cl)C(=O)CCCSc1ccc(Cl)cc1. The van der Waals surface area contributed by atoms with E-state index in [1.807, 2.05) is 56.3 Å². The second-order valence-electron chi connectivity index (χ2n) is 7.51. The first-order valence-electron chi connectivity index (χ1n) is 10.5. The van der Waals surface area contributed by atoms with E-state index in [9.17, 15) is 9.59 Å². The van der Waals surface area contributed by atoms with Gasteiger partial charge in [0.25, 0.3) is 0 Å². The van der Waals surface area contributed by atoms with Crippen molar-refractivity contribution in [3.63, 3.8) is 0 Å². The summed E-state index contributed by atoms with van der Waals surface area (Å²) in [5.74, 6) is 0.606. The van der Waals surface area contributed by atoms with Crippen LogP contribution >= 0.6 is 35.0 Å². The largest absolute Gasteiger partial charge is 0.352 e. The summed E-state index contributed by atoms with van der Waals surface area (Å²) >= 11 is 13.9. The van der Waals surface area contributed by atoms with Crippen molar-refractivity contribution in [1.82, 2.24) is 10.2 Å². The predicted octanol–water partition coefficient (Wildman–Crippen LogP) is 6.20. The number of rotatable bonds is 11. The number of hydrogen-bond acceptors (Lipinski definition) is 3. The van der Waals surface area contributed by atoms with Crippen LogP contribution in [-0.4, -0.2) is 34.6 Å². The van der Waals surface area contributed by atoms with Crippen molar-refractivity contribution in [2.24, 2.45) is 0 Å². The summed E-state index contributed by atoms with van der Waals surface area (Å²) in [6.07, 6.45) is 1.91. The van der Waals surface area contributed by atoms with E-state index in [2.05, 4.69) is 5.32 Å². The van der Waals surface area contributed by atoms with Gasteiger partial charge in [-0.3, -0.25) is 9.59 Å². The summed E-state index contributed by atoms with van der Waals surface area (Å²) in [5, 5.41) is 4.28. The van der Waals surface area contributed by atoms with Gasteiger partial charge in [-0.15, -0.1) is 11.8 Å². The highest BCUT2D eigenvalue weighted by atomic mass is 35.5. The predicted molar refractivity (Wildman–Crippen MR) is 131 cm³/mol. The molecule has 0 saturated heterocycles. The number of halogens is 2. The zero-order valence-corrected chi connectivity index (χ0v) is 20.6. The van der Waals surface area contributed by atoms with Gasteiger partial charge in [-0.05, 0) is 68.3 Å². The van der Waals surface area contributed by atoms with Crippen LogP contribution in [0.3, 0.4) is 0 Å². The Bertz CT molecular complexity index is 861. The molecule has 0 fully saturated rings. The van der Waals surface area contributed by atoms with E-state index in [0.717, 1.165) is 22.6 Å². The van der Waals surface area contributed by atoms with Crippen LogP contribution in [0.2, 0.25) is 10.0 Å². The number of amides is 2. The minimum Gasteiger partial charge on any atom is -0.352 e. The van der Waals surface area contributed by atoms with Gasteiger partial charge < -0.3 is 10.2 Å². The van der Waals surface area contributed by atoms with E-state index in [4.69, 9.17) is 23.2 Å². The van der Waals surface area contributed by atoms with Gasteiger partial charge in [0.2, 0.25) is 11.8 Å². The first kappa shape index (κ1) is 25.6. The van der Waals surface area contributed by atoms with E-state index in [1.54, 1.807) is 29.7 Å². The average molecular weight is 481 g/mol. The lowest BCUT2D eigenvalue weighted by atomic mass is 10.1. The van der Waals surface area contributed by atoms with Crippen LogP contribution in [-0.2, 0) is 16.1 Å². The van der Waals surface area contributed by atoms with Crippen LogP contribution in [0, 0.1) is 0 Å². The van der Waals surface area contributed by atoms with Crippen molar-refractivity contribution in [3.8, 4) is 0 Å². The van der Waals surface area contributed by atoms with Crippen LogP contribution in [0.15, 0.2) is 53.4 Å². The van der Waals surface area contributed by atoms with Gasteiger partial charge in [-0.25, -0.2) is 0 Å². The summed E-state index contributed by atoms with van der Waals surface area (Å²) in [6.45, 7) is 6.05. The lowest BCUT2D eigenvalue weighted by Crippen LogP contribution is -2.49. The Balaban J connectivity index is 2.01. The van der Waals surface area contributed by atoms with E-state index in [-0.39, 0.29) is 17.9 Å². The molecular formula is C24H30Cl2N2O2S. The summed E-state index contributed by atoms with van der Waals surface area (Å²) in [5.41, 5.74) is 0.830. The fourth-order valence-corrected chi connectivity index (χ4v) is 4.12. The molecule has 0 spiro atoms. The fourth-order valence-electron chi connectivity index (χ4n) is 2.95. The van der Waals surface area contributed by atoms with Crippen LogP contribution in [0.5, 0.6) is 0 Å². The zero-order valence-electron chi connectivity index (χ0n) is 18.2. The van der Waals surface area contributed by atoms with Crippen LogP contribution in [0.4, 0.5) is 0 Å². The summed E-state index contributed by atoms with van der Waals surface area (Å²) in [6, 6.07) is 14.6. The molecule has 0 unspecified atom stereocenters. The first-order chi connectivity index (χ1) is 14.8. The molecule has 168 valence electrons. The monoisotopic (exact) mass is 480 g/mol. The zero-order chi connectivity index (χ0) is 22.8. The third-order valence-electron chi connectivity index (χ3n) is 5.08. The molecule has 2 aromatic carbocycles. The second-order valence-corrected chi connectivity index (χ2v) is 9.52. The number of carbonyl (C=O) groups is 2. The Morgan fingerprint density at radius 3 is 2.39 bits per heavy atom. The highest BCUT2D eigenvalue weighted by molar-refractivity contribution is 7.99. The molecule has 0 saturated carbocycles. The normalized spacial score (nSPS) is 12.8. The first-order valence-corrected chi connectivity index (χ1v) is 12.3. The summed E-state index contributed by atoms with van der Waals surface area (Å²) in [7, 11) is 0. The molecule has 0 aliphatic carbocycles. The third-order valence-corrected chi connectivity index (χ3v) is 6.80. The van der Waals surface area contributed by atoms with Gasteiger partial charge in [0.05, 0.1) is 0 Å². The average Bonchev–Trinajstić information content (AvgIpc) is 2.76. The van der Waals surface area contributed by atoms with Crippen LogP contribution in [0.25, 0.3) is 0 Å². The van der Waals surface area contributed by atoms with Crippen molar-refractivity contribution in [3.05, 3.63) is 64.1 Å². The standard InChI is InChI=1S/C24H30Cl2N2O2S/c1-4-17(2)27-24(30)18(3)28(16-19-8-5-6-9-22(19)26)23(29)10-7-15-31-21-13-11-20(25)12-14-21/h5-6,8-9,11-14,17-18H,4,7,10,15-16H2,1-3H3,(H,27,30)/t17-,18-/m1/s1. The summed E-state index contributed by atoms with van der Waals surface area (Å²) in [4.78, 5) is 28.6. The third kappa shape index (κ3) is 8.40. The van der Waals surface area contributed by atoms with E-state index in [0.29, 0.717) is 29.4 Å². The molecule has 1 N–H and O–H groups in total. The highest BCUT2D eigenvalue weighted by Crippen LogP contribution is 2.23. The maximum absolute atomic E-state index is 13.1. The number of hydrogen-bond donors (Lipinski definition) is 1.